The molecular formula is C15H18O3. The minimum absolute atomic E-state index is 0.0475. The van der Waals surface area contributed by atoms with Crippen molar-refractivity contribution in [1.82, 2.24) is 0 Å². The molecule has 3 heteroatoms. The van der Waals surface area contributed by atoms with E-state index in [-0.39, 0.29) is 18.0 Å². The Kier molecular flexibility index (Phi) is 3.94. The maximum Gasteiger partial charge on any atom is 0.186 e. The second kappa shape index (κ2) is 5.46. The summed E-state index contributed by atoms with van der Waals surface area (Å²) in [7, 11) is 0. The van der Waals surface area contributed by atoms with Crippen LogP contribution in [0.1, 0.15) is 25.5 Å². The summed E-state index contributed by atoms with van der Waals surface area (Å²) >= 11 is 0. The molecule has 3 unspecified atom stereocenters. The molecular weight excluding hydrogens is 228 g/mol. The number of benzene rings is 1. The first-order valence-corrected chi connectivity index (χ1v) is 6.11. The van der Waals surface area contributed by atoms with Crippen LogP contribution < -0.4 is 0 Å². The van der Waals surface area contributed by atoms with Crippen molar-refractivity contribution in [3.63, 3.8) is 0 Å². The lowest BCUT2D eigenvalue weighted by Gasteiger charge is -2.38. The summed E-state index contributed by atoms with van der Waals surface area (Å²) in [6.07, 6.45) is -0.570. The number of hydrogen-bond donors (Lipinski definition) is 0. The van der Waals surface area contributed by atoms with Crippen molar-refractivity contribution in [3.05, 3.63) is 48.0 Å². The standard InChI is InChI=1S/C15H18O3/c1-10(2)14(16)11(3)18-13-9-17-15(13)12-7-5-4-6-8-12/h4-8,11,13,15H,1,9H2,2-3H3. The monoisotopic (exact) mass is 246 g/mol. The highest BCUT2D eigenvalue weighted by molar-refractivity contribution is 5.97. The SMILES string of the molecule is C=C(C)C(=O)C(C)OC1COC1c1ccccc1. The van der Waals surface area contributed by atoms with Gasteiger partial charge in [-0.2, -0.15) is 0 Å². The van der Waals surface area contributed by atoms with Gasteiger partial charge in [-0.3, -0.25) is 4.79 Å². The first-order valence-electron chi connectivity index (χ1n) is 6.11. The first-order chi connectivity index (χ1) is 8.59. The van der Waals surface area contributed by atoms with Crippen molar-refractivity contribution in [1.29, 1.82) is 0 Å². The van der Waals surface area contributed by atoms with Crippen LogP contribution in [0.15, 0.2) is 42.5 Å². The fraction of sp³-hybridized carbons (Fsp3) is 0.400. The van der Waals surface area contributed by atoms with Gasteiger partial charge in [0.2, 0.25) is 0 Å². The largest absolute Gasteiger partial charge is 0.368 e. The lowest BCUT2D eigenvalue weighted by Crippen LogP contribution is -2.43. The molecule has 0 amide bonds. The van der Waals surface area contributed by atoms with Crippen molar-refractivity contribution < 1.29 is 14.3 Å². The Hall–Kier alpha value is -1.45. The fourth-order valence-electron chi connectivity index (χ4n) is 2.01. The van der Waals surface area contributed by atoms with Gasteiger partial charge in [-0.1, -0.05) is 36.9 Å². The first kappa shape index (κ1) is 13.0. The molecule has 2 rings (SSSR count). The zero-order valence-corrected chi connectivity index (χ0v) is 10.8. The highest BCUT2D eigenvalue weighted by atomic mass is 16.6. The minimum atomic E-state index is -0.456. The molecule has 0 radical (unpaired) electrons. The number of ether oxygens (including phenoxy) is 2. The normalized spacial score (nSPS) is 24.1. The second-order valence-corrected chi connectivity index (χ2v) is 4.63. The third-order valence-corrected chi connectivity index (χ3v) is 3.07. The molecule has 3 nitrogen and oxygen atoms in total. The maximum absolute atomic E-state index is 11.7. The number of ketones is 1. The summed E-state index contributed by atoms with van der Waals surface area (Å²) in [5, 5.41) is 0. The van der Waals surface area contributed by atoms with Gasteiger partial charge in [0.15, 0.2) is 5.78 Å². The van der Waals surface area contributed by atoms with E-state index in [2.05, 4.69) is 6.58 Å². The van der Waals surface area contributed by atoms with Crippen LogP contribution in [0.4, 0.5) is 0 Å². The molecule has 1 fully saturated rings. The molecule has 1 aromatic rings. The van der Waals surface area contributed by atoms with Crippen LogP contribution in [-0.4, -0.2) is 24.6 Å². The van der Waals surface area contributed by atoms with E-state index in [1.165, 1.54) is 0 Å². The number of carbonyl (C=O) groups is 1. The van der Waals surface area contributed by atoms with Gasteiger partial charge in [-0.15, -0.1) is 0 Å². The van der Waals surface area contributed by atoms with Crippen molar-refractivity contribution in [2.24, 2.45) is 0 Å². The van der Waals surface area contributed by atoms with Gasteiger partial charge in [-0.05, 0) is 25.0 Å². The van der Waals surface area contributed by atoms with E-state index in [9.17, 15) is 4.79 Å². The number of hydrogen-bond acceptors (Lipinski definition) is 3. The maximum atomic E-state index is 11.7. The van der Waals surface area contributed by atoms with Gasteiger partial charge in [0.25, 0.3) is 0 Å². The third-order valence-electron chi connectivity index (χ3n) is 3.07. The van der Waals surface area contributed by atoms with Crippen LogP contribution in [0.5, 0.6) is 0 Å². The Labute approximate surface area is 107 Å². The zero-order chi connectivity index (χ0) is 13.1. The van der Waals surface area contributed by atoms with Crippen LogP contribution in [0.25, 0.3) is 0 Å². The third kappa shape index (κ3) is 2.68. The lowest BCUT2D eigenvalue weighted by atomic mass is 10.00. The van der Waals surface area contributed by atoms with E-state index < -0.39 is 6.10 Å². The molecule has 18 heavy (non-hydrogen) atoms. The van der Waals surface area contributed by atoms with Crippen LogP contribution in [0, 0.1) is 0 Å². The van der Waals surface area contributed by atoms with Crippen molar-refractivity contribution >= 4 is 5.78 Å². The Morgan fingerprint density at radius 1 is 1.44 bits per heavy atom. The van der Waals surface area contributed by atoms with Crippen molar-refractivity contribution in [2.45, 2.75) is 32.2 Å². The molecule has 1 aliphatic heterocycles. The summed E-state index contributed by atoms with van der Waals surface area (Å²) in [4.78, 5) is 11.7. The predicted molar refractivity (Wildman–Crippen MR) is 69.3 cm³/mol. The summed E-state index contributed by atoms with van der Waals surface area (Å²) in [6, 6.07) is 9.91. The summed E-state index contributed by atoms with van der Waals surface area (Å²) in [5.41, 5.74) is 1.61. The quantitative estimate of drug-likeness (QED) is 0.749. The predicted octanol–water partition coefficient (Wildman–Crippen LogP) is 2.68. The Morgan fingerprint density at radius 3 is 2.61 bits per heavy atom. The highest BCUT2D eigenvalue weighted by Crippen LogP contribution is 2.32. The van der Waals surface area contributed by atoms with E-state index >= 15 is 0 Å². The summed E-state index contributed by atoms with van der Waals surface area (Å²) < 4.78 is 11.3. The second-order valence-electron chi connectivity index (χ2n) is 4.63. The molecule has 0 bridgehead atoms. The Morgan fingerprint density at radius 2 is 2.11 bits per heavy atom. The van der Waals surface area contributed by atoms with Gasteiger partial charge >= 0.3 is 0 Å². The molecule has 3 atom stereocenters. The van der Waals surface area contributed by atoms with Crippen LogP contribution in [0.3, 0.4) is 0 Å². The Balaban J connectivity index is 1.95. The fourth-order valence-corrected chi connectivity index (χ4v) is 2.01. The number of Topliss-reactive ketones (excluding diaryl/α,β-unsaturated/α-hetero) is 1. The van der Waals surface area contributed by atoms with E-state index in [1.807, 2.05) is 30.3 Å². The van der Waals surface area contributed by atoms with Gasteiger partial charge in [0.1, 0.15) is 18.3 Å². The minimum Gasteiger partial charge on any atom is -0.368 e. The summed E-state index contributed by atoms with van der Waals surface area (Å²) in [5.74, 6) is -0.0475. The van der Waals surface area contributed by atoms with Crippen LogP contribution in [-0.2, 0) is 14.3 Å². The van der Waals surface area contributed by atoms with Gasteiger partial charge < -0.3 is 9.47 Å². The average Bonchev–Trinajstić information content (AvgIpc) is 2.34. The molecule has 1 saturated heterocycles. The van der Waals surface area contributed by atoms with E-state index in [0.717, 1.165) is 5.56 Å². The van der Waals surface area contributed by atoms with Gasteiger partial charge in [-0.25, -0.2) is 0 Å². The average molecular weight is 246 g/mol. The molecule has 1 aromatic carbocycles. The van der Waals surface area contributed by atoms with Crippen LogP contribution in [0.2, 0.25) is 0 Å². The number of rotatable bonds is 5. The Bertz CT molecular complexity index is 438. The molecule has 0 spiro atoms. The molecule has 1 heterocycles. The molecule has 96 valence electrons. The molecule has 1 aliphatic rings. The topological polar surface area (TPSA) is 35.5 Å². The smallest absolute Gasteiger partial charge is 0.186 e. The zero-order valence-electron chi connectivity index (χ0n) is 10.8. The van der Waals surface area contributed by atoms with Gasteiger partial charge in [0, 0.05) is 0 Å². The molecule has 0 aliphatic carbocycles. The van der Waals surface area contributed by atoms with Crippen molar-refractivity contribution in [2.75, 3.05) is 6.61 Å². The van der Waals surface area contributed by atoms with Crippen molar-refractivity contribution in [3.8, 4) is 0 Å². The van der Waals surface area contributed by atoms with E-state index in [1.54, 1.807) is 13.8 Å². The van der Waals surface area contributed by atoms with Gasteiger partial charge in [0.05, 0.1) is 6.61 Å². The van der Waals surface area contributed by atoms with E-state index in [0.29, 0.717) is 12.2 Å². The van der Waals surface area contributed by atoms with E-state index in [4.69, 9.17) is 9.47 Å². The molecule has 0 aromatic heterocycles. The molecule has 0 N–H and O–H groups in total. The highest BCUT2D eigenvalue weighted by Gasteiger charge is 2.36. The lowest BCUT2D eigenvalue weighted by molar-refractivity contribution is -0.206. The number of carbonyl (C=O) groups excluding carboxylic acids is 1. The summed E-state index contributed by atoms with van der Waals surface area (Å²) in [6.45, 7) is 7.64. The van der Waals surface area contributed by atoms with Crippen LogP contribution >= 0.6 is 0 Å². The molecule has 0 saturated carbocycles.